The van der Waals surface area contributed by atoms with Crippen molar-refractivity contribution in [2.45, 2.75) is 19.3 Å². The predicted molar refractivity (Wildman–Crippen MR) is 162 cm³/mol. The van der Waals surface area contributed by atoms with Crippen LogP contribution < -0.4 is 5.32 Å². The fraction of sp³-hybridized carbons (Fsp3) is 0.152. The molecule has 198 valence electrons. The third-order valence-electron chi connectivity index (χ3n) is 5.93. The molecule has 39 heavy (non-hydrogen) atoms. The van der Waals surface area contributed by atoms with Crippen LogP contribution in [-0.2, 0) is 0 Å². The molecule has 0 radical (unpaired) electrons. The number of pyridine rings is 1. The van der Waals surface area contributed by atoms with Gasteiger partial charge in [-0.3, -0.25) is 4.98 Å². The normalized spacial score (nSPS) is 12.0. The number of para-hydroxylation sites is 4. The molecule has 1 fully saturated rings. The van der Waals surface area contributed by atoms with Crippen LogP contribution in [0.3, 0.4) is 0 Å². The first-order valence-electron chi connectivity index (χ1n) is 13.3. The van der Waals surface area contributed by atoms with Gasteiger partial charge >= 0.3 is 0 Å². The first kappa shape index (κ1) is 27.4. The van der Waals surface area contributed by atoms with Gasteiger partial charge in [0.1, 0.15) is 5.58 Å². The Balaban J connectivity index is 0.000000115. The van der Waals surface area contributed by atoms with E-state index in [1.807, 2.05) is 91.1 Å². The van der Waals surface area contributed by atoms with Gasteiger partial charge in [-0.15, -0.1) is 0 Å². The van der Waals surface area contributed by atoms with Gasteiger partial charge < -0.3 is 19.7 Å². The third kappa shape index (κ3) is 9.61. The van der Waals surface area contributed by atoms with Gasteiger partial charge in [0.15, 0.2) is 0 Å². The molecule has 8 rings (SSSR count). The zero-order chi connectivity index (χ0) is 26.8. The summed E-state index contributed by atoms with van der Waals surface area (Å²) < 4.78 is 5.12. The molecule has 6 heteroatoms. The topological polar surface area (TPSA) is 82.5 Å². The maximum Gasteiger partial charge on any atom is 0.133 e. The molecule has 3 N–H and O–H groups in total. The van der Waals surface area contributed by atoms with Crippen LogP contribution in [0.1, 0.15) is 19.3 Å². The van der Waals surface area contributed by atoms with E-state index in [9.17, 15) is 0 Å². The molecule has 0 unspecified atom stereocenters. The second kappa shape index (κ2) is 16.2. The highest BCUT2D eigenvalue weighted by Crippen LogP contribution is 2.13. The Hall–Kier alpha value is -4.68. The van der Waals surface area contributed by atoms with Crippen molar-refractivity contribution in [3.05, 3.63) is 134 Å². The highest BCUT2D eigenvalue weighted by atomic mass is 16.3. The smallest absolute Gasteiger partial charge is 0.133 e. The number of aromatic amines is 2. The fourth-order valence-electron chi connectivity index (χ4n) is 3.90. The summed E-state index contributed by atoms with van der Waals surface area (Å²) in [6.07, 6.45) is 13.1. The molecular weight excluding hydrogens is 482 g/mol. The van der Waals surface area contributed by atoms with Crippen molar-refractivity contribution >= 4 is 32.9 Å². The summed E-state index contributed by atoms with van der Waals surface area (Å²) in [5.41, 5.74) is 4.28. The lowest BCUT2D eigenvalue weighted by molar-refractivity contribution is 0.520. The van der Waals surface area contributed by atoms with Crippen LogP contribution in [-0.4, -0.2) is 33.0 Å². The Bertz CT molecular complexity index is 1300. The summed E-state index contributed by atoms with van der Waals surface area (Å²) >= 11 is 0. The number of fused-ring (bicyclic) bond motifs is 3. The van der Waals surface area contributed by atoms with Crippen LogP contribution in [0.5, 0.6) is 0 Å². The molecule has 0 atom stereocenters. The lowest BCUT2D eigenvalue weighted by Gasteiger charge is -2.08. The molecule has 1 saturated heterocycles. The third-order valence-corrected chi connectivity index (χ3v) is 5.93. The Kier molecular flexibility index (Phi) is 11.4. The maximum absolute atomic E-state index is 5.12. The number of rotatable bonds is 0. The maximum atomic E-state index is 5.12. The SMILES string of the molecule is C1CCNCC1.c1ccc2[nH]ccc2c1.c1ccc2[nH]cnc2c1.c1ccc2occc2c1.c1ccncc1. The summed E-state index contributed by atoms with van der Waals surface area (Å²) in [6, 6.07) is 33.8. The fourth-order valence-corrected chi connectivity index (χ4v) is 3.90. The quantitative estimate of drug-likeness (QED) is 0.190. The number of nitrogens with one attached hydrogen (secondary N) is 3. The molecule has 0 spiro atoms. The van der Waals surface area contributed by atoms with Crippen molar-refractivity contribution < 1.29 is 4.42 Å². The molecule has 1 aliphatic rings. The van der Waals surface area contributed by atoms with Gasteiger partial charge in [-0.1, -0.05) is 61.0 Å². The van der Waals surface area contributed by atoms with E-state index >= 15 is 0 Å². The Morgan fingerprint density at radius 3 is 1.92 bits per heavy atom. The molecule has 0 bridgehead atoms. The largest absolute Gasteiger partial charge is 0.464 e. The molecular formula is C33H35N5O. The minimum absolute atomic E-state index is 0.956. The van der Waals surface area contributed by atoms with Crippen molar-refractivity contribution in [2.24, 2.45) is 0 Å². The van der Waals surface area contributed by atoms with E-state index in [1.54, 1.807) is 25.0 Å². The van der Waals surface area contributed by atoms with Gasteiger partial charge in [0.05, 0.1) is 23.6 Å². The summed E-state index contributed by atoms with van der Waals surface area (Å²) in [6.45, 7) is 2.50. The molecule has 0 saturated carbocycles. The minimum Gasteiger partial charge on any atom is -0.464 e. The molecule has 1 aliphatic heterocycles. The van der Waals surface area contributed by atoms with Gasteiger partial charge in [-0.25, -0.2) is 4.98 Å². The number of piperidine rings is 1. The number of H-pyrrole nitrogens is 2. The molecule has 6 nitrogen and oxygen atoms in total. The molecule has 5 heterocycles. The van der Waals surface area contributed by atoms with Crippen LogP contribution in [0.4, 0.5) is 0 Å². The van der Waals surface area contributed by atoms with E-state index in [2.05, 4.69) is 43.5 Å². The monoisotopic (exact) mass is 517 g/mol. The second-order valence-electron chi connectivity index (χ2n) is 8.78. The van der Waals surface area contributed by atoms with E-state index < -0.39 is 0 Å². The van der Waals surface area contributed by atoms with Crippen LogP contribution in [0, 0.1) is 0 Å². The van der Waals surface area contributed by atoms with Gasteiger partial charge in [0.25, 0.3) is 0 Å². The molecule has 4 aromatic heterocycles. The van der Waals surface area contributed by atoms with E-state index in [-0.39, 0.29) is 0 Å². The van der Waals surface area contributed by atoms with Gasteiger partial charge in [0, 0.05) is 29.5 Å². The Morgan fingerprint density at radius 2 is 1.31 bits per heavy atom. The van der Waals surface area contributed by atoms with Crippen molar-refractivity contribution in [1.82, 2.24) is 25.3 Å². The van der Waals surface area contributed by atoms with E-state index in [0.29, 0.717) is 0 Å². The first-order chi connectivity index (χ1) is 19.4. The minimum atomic E-state index is 0.956. The standard InChI is InChI=1S/C8H7N.C8H6O.C7H6N2.C5H11N.C5H5N/c2*1-2-4-8-7(3-1)5-6-9-8;1-2-4-7-6(3-1)8-5-9-7;2*1-2-4-6-5-3-1/h1-6,9H;1-6H;1-5H,(H,8,9);6H,1-5H2;1-5H. The lowest BCUT2D eigenvalue weighted by atomic mass is 10.2. The lowest BCUT2D eigenvalue weighted by Crippen LogP contribution is -2.21. The Labute approximate surface area is 229 Å². The molecule has 7 aromatic rings. The van der Waals surface area contributed by atoms with Crippen LogP contribution in [0.2, 0.25) is 0 Å². The number of imidazole rings is 1. The van der Waals surface area contributed by atoms with Crippen molar-refractivity contribution in [2.75, 3.05) is 13.1 Å². The summed E-state index contributed by atoms with van der Waals surface area (Å²) in [5, 5.41) is 5.72. The van der Waals surface area contributed by atoms with E-state index in [0.717, 1.165) is 22.0 Å². The summed E-state index contributed by atoms with van der Waals surface area (Å²) in [7, 11) is 0. The second-order valence-corrected chi connectivity index (χ2v) is 8.78. The van der Waals surface area contributed by atoms with Crippen LogP contribution >= 0.6 is 0 Å². The van der Waals surface area contributed by atoms with Crippen molar-refractivity contribution in [1.29, 1.82) is 0 Å². The number of furan rings is 1. The average Bonchev–Trinajstić information content (AvgIpc) is 3.81. The van der Waals surface area contributed by atoms with E-state index in [1.165, 1.54) is 43.3 Å². The van der Waals surface area contributed by atoms with Gasteiger partial charge in [0.2, 0.25) is 0 Å². The molecule has 0 amide bonds. The van der Waals surface area contributed by atoms with Crippen LogP contribution in [0.15, 0.2) is 139 Å². The van der Waals surface area contributed by atoms with E-state index in [4.69, 9.17) is 4.42 Å². The van der Waals surface area contributed by atoms with Gasteiger partial charge in [-0.2, -0.15) is 0 Å². The zero-order valence-electron chi connectivity index (χ0n) is 22.0. The number of aromatic nitrogens is 4. The van der Waals surface area contributed by atoms with Gasteiger partial charge in [-0.05, 0) is 79.8 Å². The first-order valence-corrected chi connectivity index (χ1v) is 13.3. The number of benzene rings is 3. The van der Waals surface area contributed by atoms with Crippen molar-refractivity contribution in [3.8, 4) is 0 Å². The van der Waals surface area contributed by atoms with Crippen LogP contribution in [0.25, 0.3) is 32.9 Å². The Morgan fingerprint density at radius 1 is 0.590 bits per heavy atom. The molecule has 3 aromatic carbocycles. The highest BCUT2D eigenvalue weighted by Gasteiger charge is 1.94. The zero-order valence-corrected chi connectivity index (χ0v) is 22.0. The van der Waals surface area contributed by atoms with Crippen molar-refractivity contribution in [3.63, 3.8) is 0 Å². The summed E-state index contributed by atoms with van der Waals surface area (Å²) in [4.78, 5) is 14.0. The number of hydrogen-bond acceptors (Lipinski definition) is 4. The molecule has 0 aliphatic carbocycles. The number of hydrogen-bond donors (Lipinski definition) is 3. The highest BCUT2D eigenvalue weighted by molar-refractivity contribution is 5.79. The predicted octanol–water partition coefficient (Wildman–Crippen LogP) is 8.01. The average molecular weight is 518 g/mol. The number of nitrogens with zero attached hydrogens (tertiary/aromatic N) is 2. The summed E-state index contributed by atoms with van der Waals surface area (Å²) in [5.74, 6) is 0.